The van der Waals surface area contributed by atoms with E-state index < -0.39 is 63.8 Å². The van der Waals surface area contributed by atoms with Crippen LogP contribution in [0.25, 0.3) is 11.2 Å². The fourth-order valence-electron chi connectivity index (χ4n) is 5.18. The Bertz CT molecular complexity index is 2280. The number of carbonyl (C=O) groups excluding carboxylic acids is 3. The van der Waals surface area contributed by atoms with Crippen molar-refractivity contribution in [3.05, 3.63) is 137 Å². The zero-order valence-electron chi connectivity index (χ0n) is 26.0. The number of H-pyrrole nitrogens is 1. The molecule has 0 spiro atoms. The Kier molecular flexibility index (Phi) is 9.69. The second-order valence-electron chi connectivity index (χ2n) is 10.9. The average Bonchev–Trinajstić information content (AvgIpc) is 3.72. The number of fused-ring (bicyclic) bond motifs is 1. The highest BCUT2D eigenvalue weighted by atomic mass is 32.1. The predicted molar refractivity (Wildman–Crippen MR) is 175 cm³/mol. The van der Waals surface area contributed by atoms with Gasteiger partial charge in [0.05, 0.1) is 44.1 Å². The van der Waals surface area contributed by atoms with Crippen molar-refractivity contribution in [3.8, 4) is 0 Å². The maximum atomic E-state index is 13.5. The number of esters is 3. The summed E-state index contributed by atoms with van der Waals surface area (Å²) in [6.45, 7) is -0.611. The third-order valence-corrected chi connectivity index (χ3v) is 8.04. The van der Waals surface area contributed by atoms with Crippen LogP contribution in [0.3, 0.4) is 0 Å². The number of carbonyl (C=O) groups is 3. The van der Waals surface area contributed by atoms with Gasteiger partial charge in [-0.15, -0.1) is 0 Å². The first kappa shape index (κ1) is 34.8. The zero-order valence-corrected chi connectivity index (χ0v) is 26.8. The molecule has 0 bridgehead atoms. The molecule has 6 rings (SSSR count). The predicted octanol–water partition coefficient (Wildman–Crippen LogP) is 4.42. The van der Waals surface area contributed by atoms with Crippen molar-refractivity contribution in [2.24, 2.45) is 0 Å². The molecule has 1 saturated heterocycles. The lowest BCUT2D eigenvalue weighted by atomic mass is 10.1. The van der Waals surface area contributed by atoms with Crippen LogP contribution in [0.4, 0.5) is 17.1 Å². The summed E-state index contributed by atoms with van der Waals surface area (Å²) in [4.78, 5) is 82.5. The first-order valence-electron chi connectivity index (χ1n) is 14.8. The number of nitro groups is 3. The highest BCUT2D eigenvalue weighted by molar-refractivity contribution is 7.71. The van der Waals surface area contributed by atoms with Gasteiger partial charge in [-0.05, 0) is 36.4 Å². The number of aromatic amines is 1. The van der Waals surface area contributed by atoms with Crippen LogP contribution >= 0.6 is 12.2 Å². The second kappa shape index (κ2) is 14.5. The zero-order chi connectivity index (χ0) is 37.1. The van der Waals surface area contributed by atoms with Crippen LogP contribution in [0.15, 0.2) is 85.5 Å². The summed E-state index contributed by atoms with van der Waals surface area (Å²) in [6, 6.07) is 13.5. The lowest BCUT2D eigenvalue weighted by Crippen LogP contribution is -2.41. The van der Waals surface area contributed by atoms with Gasteiger partial charge in [0.25, 0.3) is 17.1 Å². The molecule has 1 fully saturated rings. The molecule has 264 valence electrons. The van der Waals surface area contributed by atoms with Crippen molar-refractivity contribution in [3.63, 3.8) is 0 Å². The van der Waals surface area contributed by atoms with Crippen LogP contribution in [0.5, 0.6) is 0 Å². The van der Waals surface area contributed by atoms with Crippen molar-refractivity contribution in [2.45, 2.75) is 24.5 Å². The molecular formula is C31H21N7O13S. The quantitative estimate of drug-likeness (QED) is 0.0647. The van der Waals surface area contributed by atoms with Gasteiger partial charge in [-0.25, -0.2) is 24.4 Å². The lowest BCUT2D eigenvalue weighted by Gasteiger charge is -2.25. The second-order valence-corrected chi connectivity index (χ2v) is 11.3. The van der Waals surface area contributed by atoms with E-state index in [9.17, 15) is 44.7 Å². The van der Waals surface area contributed by atoms with E-state index in [0.29, 0.717) is 0 Å². The number of nitro benzene ring substituents is 3. The van der Waals surface area contributed by atoms with Gasteiger partial charge in [0.15, 0.2) is 23.1 Å². The summed E-state index contributed by atoms with van der Waals surface area (Å²) in [6.07, 6.45) is -3.20. The molecule has 3 aromatic carbocycles. The molecule has 0 radical (unpaired) electrons. The minimum Gasteiger partial charge on any atom is -0.459 e. The normalized spacial score (nSPS) is 18.0. The lowest BCUT2D eigenvalue weighted by molar-refractivity contribution is -0.385. The number of benzene rings is 3. The molecule has 5 aromatic rings. The number of nitrogens with zero attached hydrogens (tertiary/aromatic N) is 6. The minimum absolute atomic E-state index is 0.0543. The van der Waals surface area contributed by atoms with E-state index >= 15 is 0 Å². The molecule has 2 aromatic heterocycles. The SMILES string of the molecule is O=C(OC[C@@H]1O[C@H](n2cnc3c(=S)nc[nH]c32)[C@H](OC(=O)c2ccc([N+](=O)[O-])cc2)[C@@H]1OC(=O)c1ccc([N+](=O)[O-])cc1)c1ccc([N+](=O)[O-])cc1. The molecule has 0 saturated carbocycles. The van der Waals surface area contributed by atoms with Gasteiger partial charge >= 0.3 is 17.9 Å². The Hall–Kier alpha value is -7.00. The topological polar surface area (TPSA) is 264 Å². The van der Waals surface area contributed by atoms with Gasteiger partial charge in [-0.1, -0.05) is 12.2 Å². The molecule has 1 N–H and O–H groups in total. The van der Waals surface area contributed by atoms with Gasteiger partial charge in [0.2, 0.25) is 0 Å². The Labute approximate surface area is 294 Å². The fraction of sp³-hybridized carbons (Fsp3) is 0.161. The van der Waals surface area contributed by atoms with Gasteiger partial charge in [-0.2, -0.15) is 0 Å². The molecule has 20 nitrogen and oxygen atoms in total. The van der Waals surface area contributed by atoms with E-state index in [1.54, 1.807) is 0 Å². The number of hydrogen-bond donors (Lipinski definition) is 1. The van der Waals surface area contributed by atoms with Crippen LogP contribution in [0.2, 0.25) is 0 Å². The van der Waals surface area contributed by atoms with Crippen molar-refractivity contribution in [1.82, 2.24) is 19.5 Å². The summed E-state index contributed by atoms with van der Waals surface area (Å²) in [5.41, 5.74) is -0.670. The van der Waals surface area contributed by atoms with Gasteiger partial charge in [0, 0.05) is 36.4 Å². The van der Waals surface area contributed by atoms with Crippen molar-refractivity contribution in [2.75, 3.05) is 6.61 Å². The molecule has 1 aliphatic heterocycles. The van der Waals surface area contributed by atoms with Crippen molar-refractivity contribution in [1.29, 1.82) is 0 Å². The van der Waals surface area contributed by atoms with E-state index in [-0.39, 0.29) is 49.6 Å². The molecule has 1 aliphatic rings. The molecular weight excluding hydrogens is 710 g/mol. The van der Waals surface area contributed by atoms with Crippen molar-refractivity contribution < 1.29 is 48.1 Å². The fourth-order valence-corrected chi connectivity index (χ4v) is 5.38. The number of nitrogens with one attached hydrogen (secondary N) is 1. The highest BCUT2D eigenvalue weighted by Gasteiger charge is 2.52. The van der Waals surface area contributed by atoms with Crippen LogP contribution in [0, 0.1) is 35.0 Å². The number of aromatic nitrogens is 4. The van der Waals surface area contributed by atoms with E-state index in [0.717, 1.165) is 60.7 Å². The smallest absolute Gasteiger partial charge is 0.338 e. The summed E-state index contributed by atoms with van der Waals surface area (Å²) < 4.78 is 24.9. The first-order valence-corrected chi connectivity index (χ1v) is 15.2. The Balaban J connectivity index is 1.36. The Morgan fingerprint density at radius 2 is 1.19 bits per heavy atom. The molecule has 3 heterocycles. The molecule has 0 aliphatic carbocycles. The molecule has 0 amide bonds. The summed E-state index contributed by atoms with van der Waals surface area (Å²) in [5.74, 6) is -2.95. The largest absolute Gasteiger partial charge is 0.459 e. The third kappa shape index (κ3) is 7.15. The van der Waals surface area contributed by atoms with E-state index in [1.807, 2.05) is 0 Å². The van der Waals surface area contributed by atoms with Crippen molar-refractivity contribution >= 4 is 58.4 Å². The van der Waals surface area contributed by atoms with Crippen LogP contribution < -0.4 is 0 Å². The molecule has 4 atom stereocenters. The Morgan fingerprint density at radius 3 is 1.67 bits per heavy atom. The van der Waals surface area contributed by atoms with E-state index in [2.05, 4.69) is 15.0 Å². The number of ether oxygens (including phenoxy) is 4. The van der Waals surface area contributed by atoms with Gasteiger partial charge < -0.3 is 23.9 Å². The maximum absolute atomic E-state index is 13.5. The van der Waals surface area contributed by atoms with Gasteiger partial charge in [0.1, 0.15) is 23.9 Å². The maximum Gasteiger partial charge on any atom is 0.338 e. The highest BCUT2D eigenvalue weighted by Crippen LogP contribution is 2.37. The Morgan fingerprint density at radius 1 is 0.731 bits per heavy atom. The van der Waals surface area contributed by atoms with Crippen LogP contribution in [-0.4, -0.2) is 77.1 Å². The van der Waals surface area contributed by atoms with Crippen LogP contribution in [0.1, 0.15) is 37.3 Å². The van der Waals surface area contributed by atoms with Gasteiger partial charge in [-0.3, -0.25) is 34.9 Å². The number of imidazole rings is 1. The first-order chi connectivity index (χ1) is 24.9. The summed E-state index contributed by atoms with van der Waals surface area (Å²) >= 11 is 5.27. The standard InChI is InChI=1S/C31H21N7O13S/c39-29(16-1-7-19(8-2-16)36(42)43)48-13-22-24(50-30(40)17-3-9-20(10-4-17)37(44)45)25(51-31(41)18-5-11-21(12-6-18)38(46)47)28(49-22)35-15-34-23-26(35)32-14-33-27(23)52/h1-12,14-15,22,24-25,28H,13H2,(H,32,33,52)/t22-,24+,25+,28-/m0/s1. The van der Waals surface area contributed by atoms with Crippen LogP contribution in [-0.2, 0) is 18.9 Å². The van der Waals surface area contributed by atoms with E-state index in [1.165, 1.54) is 29.4 Å². The number of hydrogen-bond acceptors (Lipinski definition) is 16. The molecule has 0 unspecified atom stereocenters. The number of rotatable bonds is 11. The monoisotopic (exact) mass is 731 g/mol. The number of non-ortho nitro benzene ring substituents is 3. The van der Waals surface area contributed by atoms with E-state index in [4.69, 9.17) is 31.2 Å². The average molecular weight is 732 g/mol. The molecule has 21 heteroatoms. The summed E-state index contributed by atoms with van der Waals surface area (Å²) in [7, 11) is 0. The molecule has 52 heavy (non-hydrogen) atoms. The third-order valence-electron chi connectivity index (χ3n) is 7.75. The minimum atomic E-state index is -1.54. The summed E-state index contributed by atoms with van der Waals surface area (Å²) in [5, 5.41) is 33.4.